The number of halogens is 2. The largest absolute Gasteiger partial charge is 2.00 e. The van der Waals surface area contributed by atoms with Crippen molar-refractivity contribution in [2.75, 3.05) is 0 Å². The molecule has 69 valence electrons. The molecule has 0 saturated heterocycles. The molecule has 0 aromatic heterocycles. The van der Waals surface area contributed by atoms with Gasteiger partial charge in [-0.05, 0) is 0 Å². The summed E-state index contributed by atoms with van der Waals surface area (Å²) in [6.45, 7) is 4.03. The van der Waals surface area contributed by atoms with Crippen molar-refractivity contribution in [2.24, 2.45) is 0 Å². The summed E-state index contributed by atoms with van der Waals surface area (Å²) in [6.07, 6.45) is 0. The first-order valence-electron chi connectivity index (χ1n) is 3.53. The van der Waals surface area contributed by atoms with Gasteiger partial charge in [0.05, 0.1) is 0 Å². The molecule has 0 heterocycles. The van der Waals surface area contributed by atoms with Crippen molar-refractivity contribution in [3.8, 4) is 0 Å². The Morgan fingerprint density at radius 1 is 1.38 bits per heavy atom. The number of benzene rings is 1. The van der Waals surface area contributed by atoms with Crippen molar-refractivity contribution >= 4 is 40.2 Å². The number of alkyl halides is 1. The van der Waals surface area contributed by atoms with Crippen LogP contribution in [0.3, 0.4) is 0 Å². The molecule has 0 spiro atoms. The third-order valence-corrected chi connectivity index (χ3v) is 3.77. The number of hydrogen-bond donors (Lipinski definition) is 1. The summed E-state index contributed by atoms with van der Waals surface area (Å²) in [7, 11) is 0. The van der Waals surface area contributed by atoms with Crippen LogP contribution in [0.5, 0.6) is 0 Å². The molecule has 4 heteroatoms. The van der Waals surface area contributed by atoms with Crippen molar-refractivity contribution < 1.29 is 18.6 Å². The van der Waals surface area contributed by atoms with Crippen LogP contribution in [0.25, 0.3) is 0 Å². The van der Waals surface area contributed by atoms with Gasteiger partial charge in [0.2, 0.25) is 0 Å². The quantitative estimate of drug-likeness (QED) is 0.454. The van der Waals surface area contributed by atoms with Crippen LogP contribution in [0, 0.1) is 19.9 Å². The zero-order valence-electron chi connectivity index (χ0n) is 7.36. The summed E-state index contributed by atoms with van der Waals surface area (Å²) >= 11 is 13.5. The Morgan fingerprint density at radius 2 is 1.92 bits per heavy atom. The summed E-state index contributed by atoms with van der Waals surface area (Å²) in [6, 6.07) is 3.14. The van der Waals surface area contributed by atoms with Gasteiger partial charge in [-0.25, -0.2) is 0 Å². The summed E-state index contributed by atoms with van der Waals surface area (Å²) in [5.74, 6) is 0.484. The van der Waals surface area contributed by atoms with Crippen LogP contribution in [0.1, 0.15) is 16.7 Å². The Bertz CT molecular complexity index is 315. The molecule has 0 aliphatic carbocycles. The maximum absolute atomic E-state index is 5.74. The van der Waals surface area contributed by atoms with Gasteiger partial charge in [0, 0.05) is 5.88 Å². The van der Waals surface area contributed by atoms with Gasteiger partial charge in [-0.3, -0.25) is 0 Å². The smallest absolute Gasteiger partial charge is 0.170 e. The Hall–Kier alpha value is 0.924. The van der Waals surface area contributed by atoms with Gasteiger partial charge in [0.1, 0.15) is 0 Å². The Kier molecular flexibility index (Phi) is 6.13. The number of rotatable bonds is 1. The first-order chi connectivity index (χ1) is 5.57. The molecule has 1 rings (SSSR count). The summed E-state index contributed by atoms with van der Waals surface area (Å²) in [5.41, 5.74) is 3.28. The molecule has 1 aromatic rings. The fraction of sp³-hybridized carbons (Fsp3) is 0.333. The molecule has 1 radical (unpaired) electrons. The van der Waals surface area contributed by atoms with E-state index in [2.05, 4.69) is 34.6 Å². The normalized spacial score (nSPS) is 9.62. The van der Waals surface area contributed by atoms with Gasteiger partial charge >= 0.3 is 18.6 Å². The van der Waals surface area contributed by atoms with Crippen LogP contribution >= 0.6 is 40.2 Å². The van der Waals surface area contributed by atoms with Crippen molar-refractivity contribution in [2.45, 2.75) is 24.6 Å². The van der Waals surface area contributed by atoms with Gasteiger partial charge in [-0.2, -0.15) is 18.7 Å². The molecular weight excluding hydrogens is 306 g/mol. The number of hydrogen-bond acceptors (Lipinski definition) is 1. The number of thiol groups is 1. The molecule has 1 aromatic carbocycles. The van der Waals surface area contributed by atoms with E-state index in [-0.39, 0.29) is 18.6 Å². The molecule has 0 amide bonds. The molecular formula is C9H9BrClSV+. The molecule has 0 nitrogen and oxygen atoms in total. The maximum Gasteiger partial charge on any atom is 2.00 e. The SMILES string of the molecule is Cc1c(S)[c-]c(CCl)c(C)c1Br.[V+2]. The van der Waals surface area contributed by atoms with E-state index in [9.17, 15) is 0 Å². The third-order valence-electron chi connectivity index (χ3n) is 1.87. The van der Waals surface area contributed by atoms with Crippen LogP contribution in [-0.2, 0) is 24.4 Å². The molecule has 0 aliphatic rings. The Morgan fingerprint density at radius 3 is 2.38 bits per heavy atom. The van der Waals surface area contributed by atoms with E-state index in [0.717, 1.165) is 26.1 Å². The van der Waals surface area contributed by atoms with Gasteiger partial charge in [0.25, 0.3) is 0 Å². The van der Waals surface area contributed by atoms with Gasteiger partial charge < -0.3 is 0 Å². The molecule has 0 saturated carbocycles. The van der Waals surface area contributed by atoms with Crippen molar-refractivity contribution in [1.82, 2.24) is 0 Å². The Labute approximate surface area is 110 Å². The predicted octanol–water partition coefficient (Wildman–Crippen LogP) is 3.89. The summed E-state index contributed by atoms with van der Waals surface area (Å²) in [5, 5.41) is 0. The third kappa shape index (κ3) is 2.94. The van der Waals surface area contributed by atoms with Crippen molar-refractivity contribution in [3.63, 3.8) is 0 Å². The van der Waals surface area contributed by atoms with E-state index < -0.39 is 0 Å². The van der Waals surface area contributed by atoms with E-state index in [0.29, 0.717) is 5.88 Å². The molecule has 13 heavy (non-hydrogen) atoms. The second-order valence-electron chi connectivity index (χ2n) is 2.65. The predicted molar refractivity (Wildman–Crippen MR) is 59.3 cm³/mol. The van der Waals surface area contributed by atoms with E-state index in [1.807, 2.05) is 13.8 Å². The van der Waals surface area contributed by atoms with Crippen LogP contribution in [0.15, 0.2) is 9.37 Å². The van der Waals surface area contributed by atoms with Crippen LogP contribution in [-0.4, -0.2) is 0 Å². The van der Waals surface area contributed by atoms with Gasteiger partial charge in [-0.15, -0.1) is 33.2 Å². The van der Waals surface area contributed by atoms with E-state index in [1.54, 1.807) is 0 Å². The minimum atomic E-state index is 0. The van der Waals surface area contributed by atoms with Crippen LogP contribution in [0.4, 0.5) is 0 Å². The molecule has 0 N–H and O–H groups in total. The fourth-order valence-electron chi connectivity index (χ4n) is 0.982. The fourth-order valence-corrected chi connectivity index (χ4v) is 2.09. The summed E-state index contributed by atoms with van der Waals surface area (Å²) < 4.78 is 1.09. The van der Waals surface area contributed by atoms with Crippen molar-refractivity contribution in [3.05, 3.63) is 27.2 Å². The standard InChI is InChI=1S/C9H9BrClS.V/c1-5-7(4-11)3-8(12)6(2)9(5)10;/h12H,4H2,1-2H3;/q-1;+2. The molecule has 0 bridgehead atoms. The summed E-state index contributed by atoms with van der Waals surface area (Å²) in [4.78, 5) is 0.864. The minimum absolute atomic E-state index is 0. The van der Waals surface area contributed by atoms with Gasteiger partial charge in [0.15, 0.2) is 0 Å². The Balaban J connectivity index is 0.00000144. The van der Waals surface area contributed by atoms with Crippen LogP contribution in [0.2, 0.25) is 0 Å². The second kappa shape index (κ2) is 5.72. The van der Waals surface area contributed by atoms with E-state index in [4.69, 9.17) is 11.6 Å². The minimum Gasteiger partial charge on any atom is -0.170 e. The molecule has 0 unspecified atom stereocenters. The molecule has 0 fully saturated rings. The average Bonchev–Trinajstić information content (AvgIpc) is 2.08. The molecule has 0 aliphatic heterocycles. The molecule has 0 atom stereocenters. The first-order valence-corrected chi connectivity index (χ1v) is 5.31. The van der Waals surface area contributed by atoms with Crippen LogP contribution < -0.4 is 0 Å². The van der Waals surface area contributed by atoms with Gasteiger partial charge in [-0.1, -0.05) is 34.3 Å². The van der Waals surface area contributed by atoms with Crippen molar-refractivity contribution in [1.29, 1.82) is 0 Å². The average molecular weight is 316 g/mol. The van der Waals surface area contributed by atoms with E-state index >= 15 is 0 Å². The monoisotopic (exact) mass is 314 g/mol. The first kappa shape index (κ1) is 13.9. The zero-order valence-corrected chi connectivity index (χ0v) is 12.0. The maximum atomic E-state index is 5.74. The van der Waals surface area contributed by atoms with E-state index in [1.165, 1.54) is 0 Å². The topological polar surface area (TPSA) is 0 Å². The zero-order chi connectivity index (χ0) is 9.30. The second-order valence-corrected chi connectivity index (χ2v) is 4.16.